The molecule has 1 aromatic heterocycles. The summed E-state index contributed by atoms with van der Waals surface area (Å²) < 4.78 is 12.8. The Morgan fingerprint density at radius 2 is 2.12 bits per heavy atom. The van der Waals surface area contributed by atoms with Gasteiger partial charge in [0.15, 0.2) is 5.60 Å². The summed E-state index contributed by atoms with van der Waals surface area (Å²) in [5.74, 6) is 0.549. The van der Waals surface area contributed by atoms with Crippen LogP contribution in [0.2, 0.25) is 0 Å². The topological polar surface area (TPSA) is 116 Å². The second kappa shape index (κ2) is 8.18. The van der Waals surface area contributed by atoms with E-state index in [9.17, 15) is 14.7 Å². The number of carbonyl (C=O) groups is 1. The van der Waals surface area contributed by atoms with Gasteiger partial charge in [0.05, 0.1) is 18.2 Å². The van der Waals surface area contributed by atoms with Crippen molar-refractivity contribution in [2.75, 3.05) is 18.5 Å². The van der Waals surface area contributed by atoms with Crippen LogP contribution in [0.3, 0.4) is 0 Å². The maximum atomic E-state index is 13.4. The molecule has 4 atom stereocenters. The zero-order valence-electron chi connectivity index (χ0n) is 19.1. The third-order valence-corrected chi connectivity index (χ3v) is 7.52. The maximum absolute atomic E-state index is 13.4. The Morgan fingerprint density at radius 3 is 2.85 bits per heavy atom. The number of hydrogen-bond donors (Lipinski definition) is 3. The lowest BCUT2D eigenvalue weighted by atomic mass is 9.76. The standard InChI is InChI=1S/C25H31N3O5/c1-3-15-16-10-14(32-9-5-8-26)6-7-20(16)27-22-17(15)12-28-21(22)11-19-18(23(28)29)13-33-24(30)25(19,31)4-2/h6-7,10-11,15,17,22,27,31H,3-5,8-9,12-13,26H2,1-2H3/t15?,17?,22?,25-/m0/s1. The average molecular weight is 454 g/mol. The van der Waals surface area contributed by atoms with E-state index >= 15 is 0 Å². The van der Waals surface area contributed by atoms with Gasteiger partial charge in [0.2, 0.25) is 0 Å². The molecule has 2 aromatic rings. The van der Waals surface area contributed by atoms with Gasteiger partial charge in [-0.05, 0) is 61.6 Å². The molecule has 0 fully saturated rings. The third kappa shape index (κ3) is 3.27. The van der Waals surface area contributed by atoms with Crippen LogP contribution in [0.1, 0.15) is 67.5 Å². The molecule has 3 aliphatic heterocycles. The zero-order valence-corrected chi connectivity index (χ0v) is 19.1. The number of benzene rings is 1. The number of pyridine rings is 1. The Hall–Kier alpha value is -2.84. The fraction of sp³-hybridized carbons (Fsp3) is 0.520. The molecular weight excluding hydrogens is 422 g/mol. The lowest BCUT2D eigenvalue weighted by Crippen LogP contribution is -2.44. The van der Waals surface area contributed by atoms with Crippen LogP contribution in [0.15, 0.2) is 29.1 Å². The molecule has 8 heteroatoms. The van der Waals surface area contributed by atoms with Crippen molar-refractivity contribution < 1.29 is 19.4 Å². The molecular formula is C25H31N3O5. The molecule has 176 valence electrons. The van der Waals surface area contributed by atoms with E-state index in [0.29, 0.717) is 30.8 Å². The number of aliphatic hydroxyl groups is 1. The number of cyclic esters (lactones) is 1. The first-order valence-electron chi connectivity index (χ1n) is 11.8. The minimum absolute atomic E-state index is 0.0801. The quantitative estimate of drug-likeness (QED) is 0.455. The van der Waals surface area contributed by atoms with Gasteiger partial charge in [0.25, 0.3) is 5.56 Å². The first-order valence-corrected chi connectivity index (χ1v) is 11.8. The summed E-state index contributed by atoms with van der Waals surface area (Å²) in [4.78, 5) is 25.8. The van der Waals surface area contributed by atoms with Crippen LogP contribution in [0.4, 0.5) is 5.69 Å². The van der Waals surface area contributed by atoms with E-state index in [0.717, 1.165) is 30.0 Å². The molecule has 0 radical (unpaired) electrons. The van der Waals surface area contributed by atoms with E-state index < -0.39 is 11.6 Å². The first-order chi connectivity index (χ1) is 15.9. The Labute approximate surface area is 192 Å². The lowest BCUT2D eigenvalue weighted by molar-refractivity contribution is -0.172. The van der Waals surface area contributed by atoms with E-state index in [2.05, 4.69) is 18.3 Å². The summed E-state index contributed by atoms with van der Waals surface area (Å²) >= 11 is 0. The van der Waals surface area contributed by atoms with Crippen molar-refractivity contribution in [1.29, 1.82) is 0 Å². The number of aromatic nitrogens is 1. The second-order valence-corrected chi connectivity index (χ2v) is 9.21. The Bertz CT molecular complexity index is 1160. The minimum atomic E-state index is -1.78. The van der Waals surface area contributed by atoms with Crippen molar-refractivity contribution in [3.05, 3.63) is 57.0 Å². The number of rotatable bonds is 6. The van der Waals surface area contributed by atoms with Gasteiger partial charge in [-0.2, -0.15) is 0 Å². The van der Waals surface area contributed by atoms with Crippen LogP contribution in [-0.4, -0.2) is 28.8 Å². The monoisotopic (exact) mass is 453 g/mol. The molecule has 8 nitrogen and oxygen atoms in total. The predicted octanol–water partition coefficient (Wildman–Crippen LogP) is 2.52. The molecule has 1 aromatic carbocycles. The maximum Gasteiger partial charge on any atom is 0.343 e. The molecule has 0 bridgehead atoms. The number of fused-ring (bicyclic) bond motifs is 5. The molecule has 0 saturated carbocycles. The summed E-state index contributed by atoms with van der Waals surface area (Å²) in [7, 11) is 0. The van der Waals surface area contributed by atoms with Gasteiger partial charge in [0.1, 0.15) is 12.4 Å². The number of nitrogens with zero attached hydrogens (tertiary/aromatic N) is 1. The Morgan fingerprint density at radius 1 is 1.30 bits per heavy atom. The van der Waals surface area contributed by atoms with E-state index in [4.69, 9.17) is 15.2 Å². The fourth-order valence-corrected chi connectivity index (χ4v) is 5.70. The lowest BCUT2D eigenvalue weighted by Gasteiger charge is -2.37. The molecule has 0 amide bonds. The molecule has 4 heterocycles. The van der Waals surface area contributed by atoms with Crippen molar-refractivity contribution >= 4 is 11.7 Å². The van der Waals surface area contributed by atoms with Crippen LogP contribution >= 0.6 is 0 Å². The van der Waals surface area contributed by atoms with Crippen molar-refractivity contribution in [3.8, 4) is 5.75 Å². The zero-order chi connectivity index (χ0) is 23.3. The van der Waals surface area contributed by atoms with Crippen molar-refractivity contribution in [1.82, 2.24) is 4.57 Å². The molecule has 4 N–H and O–H groups in total. The SMILES string of the molecule is CCC1c2cc(OCCCN)ccc2NC2c3cc4c(c(=O)n3CC12)COC(=O)[C@]4(O)CC. The van der Waals surface area contributed by atoms with Crippen molar-refractivity contribution in [3.63, 3.8) is 0 Å². The van der Waals surface area contributed by atoms with Crippen LogP contribution in [0.25, 0.3) is 0 Å². The summed E-state index contributed by atoms with van der Waals surface area (Å²) in [6.07, 6.45) is 1.87. The predicted molar refractivity (Wildman–Crippen MR) is 123 cm³/mol. The molecule has 0 saturated heterocycles. The highest BCUT2D eigenvalue weighted by Crippen LogP contribution is 2.51. The number of ether oxygens (including phenoxy) is 2. The molecule has 5 rings (SSSR count). The van der Waals surface area contributed by atoms with Crippen LogP contribution in [0, 0.1) is 5.92 Å². The molecule has 3 unspecified atom stereocenters. The molecule has 3 aliphatic rings. The second-order valence-electron chi connectivity index (χ2n) is 9.21. The van der Waals surface area contributed by atoms with Gasteiger partial charge >= 0.3 is 5.97 Å². The van der Waals surface area contributed by atoms with E-state index in [-0.39, 0.29) is 36.5 Å². The summed E-state index contributed by atoms with van der Waals surface area (Å²) in [5, 5.41) is 14.7. The summed E-state index contributed by atoms with van der Waals surface area (Å²) in [6, 6.07) is 7.85. The minimum Gasteiger partial charge on any atom is -0.494 e. The Kier molecular flexibility index (Phi) is 5.45. The van der Waals surface area contributed by atoms with Gasteiger partial charge in [-0.15, -0.1) is 0 Å². The highest BCUT2D eigenvalue weighted by Gasteiger charge is 2.48. The first kappa shape index (κ1) is 22.0. The van der Waals surface area contributed by atoms with Crippen LogP contribution in [0.5, 0.6) is 5.75 Å². The molecule has 0 aliphatic carbocycles. The van der Waals surface area contributed by atoms with Crippen LogP contribution < -0.4 is 21.3 Å². The fourth-order valence-electron chi connectivity index (χ4n) is 5.70. The molecule has 0 spiro atoms. The van der Waals surface area contributed by atoms with E-state index in [1.165, 1.54) is 5.56 Å². The Balaban J connectivity index is 1.56. The van der Waals surface area contributed by atoms with Gasteiger partial charge in [-0.3, -0.25) is 4.79 Å². The van der Waals surface area contributed by atoms with E-state index in [1.807, 2.05) is 18.2 Å². The highest BCUT2D eigenvalue weighted by atomic mass is 16.6. The highest BCUT2D eigenvalue weighted by molar-refractivity contribution is 5.83. The van der Waals surface area contributed by atoms with Crippen LogP contribution in [-0.2, 0) is 28.3 Å². The number of anilines is 1. The van der Waals surface area contributed by atoms with Gasteiger partial charge in [-0.1, -0.05) is 13.8 Å². The van der Waals surface area contributed by atoms with E-state index in [1.54, 1.807) is 11.5 Å². The van der Waals surface area contributed by atoms with Gasteiger partial charge in [0, 0.05) is 29.4 Å². The number of hydrogen-bond acceptors (Lipinski definition) is 7. The summed E-state index contributed by atoms with van der Waals surface area (Å²) in [5.41, 5.74) is 7.42. The summed E-state index contributed by atoms with van der Waals surface area (Å²) in [6.45, 7) is 5.54. The van der Waals surface area contributed by atoms with Gasteiger partial charge in [-0.25, -0.2) is 4.79 Å². The van der Waals surface area contributed by atoms with Gasteiger partial charge < -0.3 is 30.2 Å². The number of nitrogens with one attached hydrogen (secondary N) is 1. The number of esters is 1. The normalized spacial score (nSPS) is 27.0. The van der Waals surface area contributed by atoms with Crippen molar-refractivity contribution in [2.24, 2.45) is 11.7 Å². The largest absolute Gasteiger partial charge is 0.494 e. The number of carbonyl (C=O) groups excluding carboxylic acids is 1. The smallest absolute Gasteiger partial charge is 0.343 e. The third-order valence-electron chi connectivity index (χ3n) is 7.52. The average Bonchev–Trinajstić information content (AvgIpc) is 3.19. The van der Waals surface area contributed by atoms with Crippen molar-refractivity contribution in [2.45, 2.75) is 63.8 Å². The molecule has 33 heavy (non-hydrogen) atoms. The number of nitrogens with two attached hydrogens (primary N) is 1.